The Balaban J connectivity index is 2.22. The van der Waals surface area contributed by atoms with E-state index in [-0.39, 0.29) is 18.7 Å². The second kappa shape index (κ2) is 7.06. The Morgan fingerprint density at radius 3 is 2.68 bits per heavy atom. The summed E-state index contributed by atoms with van der Waals surface area (Å²) in [5.74, 6) is -1.02. The molecule has 2 N–H and O–H groups in total. The molecule has 0 radical (unpaired) electrons. The van der Waals surface area contributed by atoms with Crippen LogP contribution in [0, 0.1) is 11.3 Å². The van der Waals surface area contributed by atoms with Gasteiger partial charge in [0, 0.05) is 18.8 Å². The zero-order chi connectivity index (χ0) is 18.8. The van der Waals surface area contributed by atoms with E-state index in [9.17, 15) is 17.6 Å². The molecule has 1 aliphatic heterocycles. The lowest BCUT2D eigenvalue weighted by atomic mass is 10.0. The van der Waals surface area contributed by atoms with Crippen molar-refractivity contribution in [3.05, 3.63) is 30.1 Å². The molecular formula is C16H21FN4O3S. The van der Waals surface area contributed by atoms with Gasteiger partial charge in [-0.05, 0) is 31.5 Å². The smallest absolute Gasteiger partial charge is 0.242 e. The lowest BCUT2D eigenvalue weighted by molar-refractivity contribution is -0.133. The first kappa shape index (κ1) is 19.3. The maximum absolute atomic E-state index is 13.5. The number of halogens is 1. The quantitative estimate of drug-likeness (QED) is 0.812. The van der Waals surface area contributed by atoms with Gasteiger partial charge in [-0.3, -0.25) is 9.78 Å². The van der Waals surface area contributed by atoms with Gasteiger partial charge in [0.25, 0.3) is 0 Å². The Morgan fingerprint density at radius 1 is 1.52 bits per heavy atom. The molecule has 1 aromatic heterocycles. The zero-order valence-corrected chi connectivity index (χ0v) is 14.9. The summed E-state index contributed by atoms with van der Waals surface area (Å²) in [5.41, 5.74) is 6.49. The van der Waals surface area contributed by atoms with E-state index in [1.54, 1.807) is 12.1 Å². The number of carbonyl (C=O) groups excluding carboxylic acids is 1. The number of nitrogens with two attached hydrogens (primary N) is 1. The van der Waals surface area contributed by atoms with Crippen molar-refractivity contribution < 1.29 is 17.6 Å². The number of hydrogen-bond acceptors (Lipinski definition) is 6. The zero-order valence-electron chi connectivity index (χ0n) is 14.1. The first-order valence-electron chi connectivity index (χ1n) is 7.81. The Bertz CT molecular complexity index is 776. The summed E-state index contributed by atoms with van der Waals surface area (Å²) in [6, 6.07) is 2.68. The van der Waals surface area contributed by atoms with E-state index >= 15 is 0 Å². The van der Waals surface area contributed by atoms with Crippen LogP contribution in [-0.4, -0.2) is 53.8 Å². The van der Waals surface area contributed by atoms with Gasteiger partial charge in [0.1, 0.15) is 18.3 Å². The van der Waals surface area contributed by atoms with Crippen LogP contribution in [0.1, 0.15) is 25.8 Å². The fourth-order valence-corrected chi connectivity index (χ4v) is 4.20. The van der Waals surface area contributed by atoms with E-state index in [0.29, 0.717) is 5.56 Å². The normalized spacial score (nSPS) is 22.4. The number of amides is 1. The number of nitriles is 1. The molecule has 1 unspecified atom stereocenters. The molecule has 7 nitrogen and oxygen atoms in total. The largest absolute Gasteiger partial charge is 0.322 e. The van der Waals surface area contributed by atoms with Crippen molar-refractivity contribution in [3.8, 4) is 6.07 Å². The van der Waals surface area contributed by atoms with Crippen molar-refractivity contribution in [2.24, 2.45) is 5.73 Å². The van der Waals surface area contributed by atoms with Gasteiger partial charge >= 0.3 is 0 Å². The summed E-state index contributed by atoms with van der Waals surface area (Å²) in [6.07, 6.45) is 1.56. The van der Waals surface area contributed by atoms with Crippen molar-refractivity contribution in [2.75, 3.05) is 6.54 Å². The van der Waals surface area contributed by atoms with Gasteiger partial charge < -0.3 is 10.6 Å². The third-order valence-electron chi connectivity index (χ3n) is 4.60. The molecule has 1 aliphatic rings. The molecule has 25 heavy (non-hydrogen) atoms. The Labute approximate surface area is 146 Å². The molecule has 0 saturated carbocycles. The van der Waals surface area contributed by atoms with E-state index in [0.717, 1.165) is 4.90 Å². The van der Waals surface area contributed by atoms with E-state index in [4.69, 9.17) is 11.0 Å². The van der Waals surface area contributed by atoms with Gasteiger partial charge in [0.05, 0.1) is 23.1 Å². The maximum Gasteiger partial charge on any atom is 0.242 e. The maximum atomic E-state index is 13.5. The molecule has 2 rings (SSSR count). The third-order valence-corrected chi connectivity index (χ3v) is 7.18. The fraction of sp³-hybridized carbons (Fsp3) is 0.562. The first-order valence-corrected chi connectivity index (χ1v) is 9.46. The Hall–Kier alpha value is -2.05. The molecule has 1 fully saturated rings. The SMILES string of the molecule is CC(C)(C(N)C(=O)N1C[C@@H](F)C[C@H]1C#N)S(=O)(=O)Cc1ccncc1. The average molecular weight is 368 g/mol. The summed E-state index contributed by atoms with van der Waals surface area (Å²) < 4.78 is 37.5. The van der Waals surface area contributed by atoms with E-state index in [1.165, 1.54) is 26.2 Å². The topological polar surface area (TPSA) is 117 Å². The second-order valence-electron chi connectivity index (χ2n) is 6.66. The average Bonchev–Trinajstić information content (AvgIpc) is 2.94. The predicted octanol–water partition coefficient (Wildman–Crippen LogP) is 0.565. The molecular weight excluding hydrogens is 347 g/mol. The van der Waals surface area contributed by atoms with E-state index in [1.807, 2.05) is 6.07 Å². The highest BCUT2D eigenvalue weighted by Gasteiger charge is 2.47. The van der Waals surface area contributed by atoms with Crippen LogP contribution in [0.4, 0.5) is 4.39 Å². The van der Waals surface area contributed by atoms with Gasteiger partial charge in [0.15, 0.2) is 9.84 Å². The van der Waals surface area contributed by atoms with Crippen molar-refractivity contribution in [3.63, 3.8) is 0 Å². The molecule has 2 heterocycles. The number of rotatable bonds is 5. The highest BCUT2D eigenvalue weighted by Crippen LogP contribution is 2.28. The number of sulfone groups is 1. The van der Waals surface area contributed by atoms with Crippen LogP contribution in [0.2, 0.25) is 0 Å². The Kier molecular flexibility index (Phi) is 5.44. The van der Waals surface area contributed by atoms with Crippen LogP contribution < -0.4 is 5.73 Å². The minimum absolute atomic E-state index is 0.0842. The van der Waals surface area contributed by atoms with E-state index in [2.05, 4.69) is 4.98 Å². The van der Waals surface area contributed by atoms with Crippen LogP contribution in [0.3, 0.4) is 0 Å². The molecule has 1 amide bonds. The summed E-state index contributed by atoms with van der Waals surface area (Å²) in [5, 5.41) is 9.07. The number of hydrogen-bond donors (Lipinski definition) is 1. The monoisotopic (exact) mass is 368 g/mol. The van der Waals surface area contributed by atoms with Crippen LogP contribution in [0.15, 0.2) is 24.5 Å². The number of carbonyl (C=O) groups is 1. The number of pyridine rings is 1. The molecule has 1 aromatic rings. The standard InChI is InChI=1S/C16H21FN4O3S/c1-16(2,25(23,24)10-11-3-5-20-6-4-11)14(19)15(22)21-9-12(17)7-13(21)8-18/h3-6,12-14H,7,9-10,19H2,1-2H3/t12-,13-,14?/m0/s1. The second-order valence-corrected chi connectivity index (χ2v) is 9.23. The minimum Gasteiger partial charge on any atom is -0.322 e. The molecule has 0 aliphatic carbocycles. The van der Waals surface area contributed by atoms with Crippen molar-refractivity contribution in [1.82, 2.24) is 9.88 Å². The van der Waals surface area contributed by atoms with Crippen LogP contribution in [-0.2, 0) is 20.4 Å². The van der Waals surface area contributed by atoms with Gasteiger partial charge in [-0.2, -0.15) is 5.26 Å². The molecule has 136 valence electrons. The van der Waals surface area contributed by atoms with Crippen molar-refractivity contribution in [2.45, 2.75) is 49.0 Å². The summed E-state index contributed by atoms with van der Waals surface area (Å²) in [7, 11) is -3.80. The minimum atomic E-state index is -3.80. The first-order chi connectivity index (χ1) is 11.6. The fourth-order valence-electron chi connectivity index (χ4n) is 2.70. The molecule has 0 spiro atoms. The summed E-state index contributed by atoms with van der Waals surface area (Å²) >= 11 is 0. The Morgan fingerprint density at radius 2 is 2.12 bits per heavy atom. The molecule has 9 heteroatoms. The van der Waals surface area contributed by atoms with Gasteiger partial charge in [0.2, 0.25) is 5.91 Å². The predicted molar refractivity (Wildman–Crippen MR) is 89.5 cm³/mol. The number of alkyl halides is 1. The van der Waals surface area contributed by atoms with Crippen LogP contribution in [0.5, 0.6) is 0 Å². The third kappa shape index (κ3) is 3.80. The van der Waals surface area contributed by atoms with Gasteiger partial charge in [-0.25, -0.2) is 12.8 Å². The number of likely N-dealkylation sites (tertiary alicyclic amines) is 1. The molecule has 0 bridgehead atoms. The molecule has 1 saturated heterocycles. The van der Waals surface area contributed by atoms with Crippen molar-refractivity contribution >= 4 is 15.7 Å². The molecule has 3 atom stereocenters. The summed E-state index contributed by atoms with van der Waals surface area (Å²) in [4.78, 5) is 17.5. The number of aromatic nitrogens is 1. The lowest BCUT2D eigenvalue weighted by Crippen LogP contribution is -2.59. The molecule has 0 aromatic carbocycles. The van der Waals surface area contributed by atoms with E-state index < -0.39 is 38.7 Å². The summed E-state index contributed by atoms with van der Waals surface area (Å²) in [6.45, 7) is 2.50. The van der Waals surface area contributed by atoms with Crippen LogP contribution in [0.25, 0.3) is 0 Å². The number of nitrogens with zero attached hydrogens (tertiary/aromatic N) is 3. The van der Waals surface area contributed by atoms with Crippen molar-refractivity contribution in [1.29, 1.82) is 5.26 Å². The highest BCUT2D eigenvalue weighted by molar-refractivity contribution is 7.92. The van der Waals surface area contributed by atoms with Gasteiger partial charge in [-0.15, -0.1) is 0 Å². The van der Waals surface area contributed by atoms with Crippen LogP contribution >= 0.6 is 0 Å². The van der Waals surface area contributed by atoms with Gasteiger partial charge in [-0.1, -0.05) is 0 Å². The highest BCUT2D eigenvalue weighted by atomic mass is 32.2. The lowest BCUT2D eigenvalue weighted by Gasteiger charge is -2.33.